The summed E-state index contributed by atoms with van der Waals surface area (Å²) in [6.07, 6.45) is 0. The summed E-state index contributed by atoms with van der Waals surface area (Å²) in [5, 5.41) is 12.3. The summed E-state index contributed by atoms with van der Waals surface area (Å²) in [6.45, 7) is 2.60. The van der Waals surface area contributed by atoms with Crippen molar-refractivity contribution in [3.05, 3.63) is 81.9 Å². The first-order valence-corrected chi connectivity index (χ1v) is 11.6. The molecule has 4 aromatic rings. The summed E-state index contributed by atoms with van der Waals surface area (Å²) in [7, 11) is 2.78. The third kappa shape index (κ3) is 5.02. The first kappa shape index (κ1) is 24.0. The van der Waals surface area contributed by atoms with Gasteiger partial charge in [0.2, 0.25) is 0 Å². The molecule has 0 N–H and O–H groups in total. The van der Waals surface area contributed by atoms with Crippen LogP contribution in [0.15, 0.2) is 60.7 Å². The molecule has 0 aliphatic rings. The predicted molar refractivity (Wildman–Crippen MR) is 134 cm³/mol. The number of carbonyl (C=O) groups is 1. The fraction of sp³-hybridized carbons (Fsp3) is 0.200. The zero-order valence-corrected chi connectivity index (χ0v) is 20.2. The molecule has 0 bridgehead atoms. The minimum atomic E-state index is -0.609. The number of amides is 1. The Hall–Kier alpha value is -4.18. The van der Waals surface area contributed by atoms with Crippen molar-refractivity contribution in [1.29, 1.82) is 0 Å². The zero-order valence-electron chi connectivity index (χ0n) is 19.4. The summed E-state index contributed by atoms with van der Waals surface area (Å²) in [4.78, 5) is 31.2. The summed E-state index contributed by atoms with van der Waals surface area (Å²) in [5.74, 6) is 0.498. The van der Waals surface area contributed by atoms with Crippen molar-refractivity contribution in [3.63, 3.8) is 0 Å². The number of thiazole rings is 1. The van der Waals surface area contributed by atoms with Gasteiger partial charge in [0.1, 0.15) is 11.3 Å². The van der Waals surface area contributed by atoms with Crippen LogP contribution in [-0.2, 0) is 6.54 Å². The molecule has 0 spiro atoms. The second-order valence-corrected chi connectivity index (χ2v) is 8.43. The summed E-state index contributed by atoms with van der Waals surface area (Å²) in [6, 6.07) is 17.4. The van der Waals surface area contributed by atoms with Crippen molar-refractivity contribution in [2.45, 2.75) is 13.5 Å². The van der Waals surface area contributed by atoms with E-state index in [2.05, 4.69) is 4.98 Å². The molecular formula is C25H23N3O6S. The number of fused-ring (bicyclic) bond motifs is 1. The maximum atomic E-state index is 13.9. The van der Waals surface area contributed by atoms with Gasteiger partial charge in [0.15, 0.2) is 16.6 Å². The van der Waals surface area contributed by atoms with Crippen molar-refractivity contribution < 1.29 is 23.9 Å². The number of benzene rings is 3. The average Bonchev–Trinajstić information content (AvgIpc) is 3.30. The molecule has 0 fully saturated rings. The highest BCUT2D eigenvalue weighted by molar-refractivity contribution is 7.22. The normalized spacial score (nSPS) is 10.7. The van der Waals surface area contributed by atoms with Crippen LogP contribution >= 0.6 is 11.3 Å². The van der Waals surface area contributed by atoms with E-state index >= 15 is 0 Å². The summed E-state index contributed by atoms with van der Waals surface area (Å²) >= 11 is 1.31. The Morgan fingerprint density at radius 2 is 1.77 bits per heavy atom. The van der Waals surface area contributed by atoms with Crippen LogP contribution in [0.25, 0.3) is 10.2 Å². The number of hydrogen-bond donors (Lipinski definition) is 0. The Morgan fingerprint density at radius 1 is 1.06 bits per heavy atom. The molecule has 1 aromatic heterocycles. The number of nitrogens with zero attached hydrogens (tertiary/aromatic N) is 3. The van der Waals surface area contributed by atoms with Crippen LogP contribution in [-0.4, -0.2) is 36.6 Å². The van der Waals surface area contributed by atoms with Crippen molar-refractivity contribution in [3.8, 4) is 17.2 Å². The largest absolute Gasteiger partial charge is 0.494 e. The van der Waals surface area contributed by atoms with Crippen molar-refractivity contribution in [1.82, 2.24) is 4.98 Å². The molecule has 0 radical (unpaired) electrons. The fourth-order valence-corrected chi connectivity index (χ4v) is 4.58. The molecule has 4 rings (SSSR count). The van der Waals surface area contributed by atoms with Crippen LogP contribution in [0.3, 0.4) is 0 Å². The molecule has 1 amide bonds. The quantitative estimate of drug-likeness (QED) is 0.225. The maximum Gasteiger partial charge on any atom is 0.286 e. The molecule has 0 unspecified atom stereocenters. The van der Waals surface area contributed by atoms with Gasteiger partial charge in [-0.25, -0.2) is 4.98 Å². The van der Waals surface area contributed by atoms with Crippen LogP contribution in [0.2, 0.25) is 0 Å². The van der Waals surface area contributed by atoms with Crippen LogP contribution in [0.4, 0.5) is 10.8 Å². The number of ether oxygens (including phenoxy) is 3. The number of rotatable bonds is 9. The van der Waals surface area contributed by atoms with Crippen molar-refractivity contribution >= 4 is 38.3 Å². The van der Waals surface area contributed by atoms with Gasteiger partial charge < -0.3 is 14.2 Å². The van der Waals surface area contributed by atoms with Gasteiger partial charge >= 0.3 is 0 Å². The molecule has 1 heterocycles. The lowest BCUT2D eigenvalue weighted by Crippen LogP contribution is -2.31. The van der Waals surface area contributed by atoms with Gasteiger partial charge in [-0.2, -0.15) is 0 Å². The number of nitro groups is 1. The molecule has 180 valence electrons. The molecule has 0 atom stereocenters. The number of aromatic nitrogens is 1. The lowest BCUT2D eigenvalue weighted by molar-refractivity contribution is -0.385. The SMILES string of the molecule is CCOc1ccc2nc(N(Cc3ccccc3)C(=O)c3cc(OC)c(OC)cc3[N+](=O)[O-])sc2c1. The van der Waals surface area contributed by atoms with Gasteiger partial charge in [0.05, 0.1) is 48.6 Å². The van der Waals surface area contributed by atoms with Crippen LogP contribution in [0.1, 0.15) is 22.8 Å². The van der Waals surface area contributed by atoms with E-state index in [1.807, 2.05) is 55.5 Å². The van der Waals surface area contributed by atoms with Crippen LogP contribution in [0, 0.1) is 10.1 Å². The zero-order chi connectivity index (χ0) is 24.9. The fourth-order valence-electron chi connectivity index (χ4n) is 3.59. The molecule has 9 nitrogen and oxygen atoms in total. The molecule has 0 aliphatic heterocycles. The Bertz CT molecular complexity index is 1370. The lowest BCUT2D eigenvalue weighted by Gasteiger charge is -2.21. The second kappa shape index (κ2) is 10.4. The molecular weight excluding hydrogens is 470 g/mol. The smallest absolute Gasteiger partial charge is 0.286 e. The molecule has 0 saturated carbocycles. The summed E-state index contributed by atoms with van der Waals surface area (Å²) < 4.78 is 16.9. The molecule has 35 heavy (non-hydrogen) atoms. The van der Waals surface area contributed by atoms with Gasteiger partial charge in [-0.05, 0) is 30.7 Å². The first-order valence-electron chi connectivity index (χ1n) is 10.7. The Balaban J connectivity index is 1.84. The van der Waals surface area contributed by atoms with E-state index in [9.17, 15) is 14.9 Å². The highest BCUT2D eigenvalue weighted by Crippen LogP contribution is 2.38. The van der Waals surface area contributed by atoms with E-state index in [4.69, 9.17) is 14.2 Å². The van der Waals surface area contributed by atoms with E-state index in [1.165, 1.54) is 42.6 Å². The minimum Gasteiger partial charge on any atom is -0.494 e. The monoisotopic (exact) mass is 493 g/mol. The third-order valence-electron chi connectivity index (χ3n) is 5.25. The lowest BCUT2D eigenvalue weighted by atomic mass is 10.1. The second-order valence-electron chi connectivity index (χ2n) is 7.42. The number of anilines is 1. The average molecular weight is 494 g/mol. The standard InChI is InChI=1S/C25H23N3O6S/c1-4-34-17-10-11-19-23(12-17)35-25(26-19)27(15-16-8-6-5-7-9-16)24(29)18-13-21(32-2)22(33-3)14-20(18)28(30)31/h5-14H,4,15H2,1-3H3. The molecule has 0 saturated heterocycles. The van der Waals surface area contributed by atoms with Gasteiger partial charge in [-0.15, -0.1) is 0 Å². The molecule has 10 heteroatoms. The number of hydrogen-bond acceptors (Lipinski definition) is 8. The Labute approximate surface area is 205 Å². The topological polar surface area (TPSA) is 104 Å². The van der Waals surface area contributed by atoms with Gasteiger partial charge in [-0.1, -0.05) is 41.7 Å². The molecule has 3 aromatic carbocycles. The number of nitro benzene ring substituents is 1. The minimum absolute atomic E-state index is 0.127. The van der Waals surface area contributed by atoms with Crippen LogP contribution < -0.4 is 19.1 Å². The van der Waals surface area contributed by atoms with E-state index < -0.39 is 10.8 Å². The highest BCUT2D eigenvalue weighted by atomic mass is 32.1. The Morgan fingerprint density at radius 3 is 2.43 bits per heavy atom. The summed E-state index contributed by atoms with van der Waals surface area (Å²) in [5.41, 5.74) is 1.03. The van der Waals surface area contributed by atoms with E-state index in [0.717, 1.165) is 10.3 Å². The van der Waals surface area contributed by atoms with Crippen LogP contribution in [0.5, 0.6) is 17.2 Å². The first-order chi connectivity index (χ1) is 16.9. The van der Waals surface area contributed by atoms with E-state index in [-0.39, 0.29) is 29.3 Å². The predicted octanol–water partition coefficient (Wildman–Crippen LogP) is 5.47. The van der Waals surface area contributed by atoms with Gasteiger partial charge in [0, 0.05) is 6.07 Å². The Kier molecular flexibility index (Phi) is 7.11. The van der Waals surface area contributed by atoms with E-state index in [0.29, 0.717) is 23.0 Å². The molecule has 0 aliphatic carbocycles. The third-order valence-corrected chi connectivity index (χ3v) is 6.29. The highest BCUT2D eigenvalue weighted by Gasteiger charge is 2.30. The maximum absolute atomic E-state index is 13.9. The van der Waals surface area contributed by atoms with Crippen molar-refractivity contribution in [2.75, 3.05) is 25.7 Å². The van der Waals surface area contributed by atoms with Gasteiger partial charge in [0.25, 0.3) is 11.6 Å². The number of methoxy groups -OCH3 is 2. The number of carbonyl (C=O) groups excluding carboxylic acids is 1. The van der Waals surface area contributed by atoms with E-state index in [1.54, 1.807) is 0 Å². The van der Waals surface area contributed by atoms with Gasteiger partial charge in [-0.3, -0.25) is 19.8 Å². The van der Waals surface area contributed by atoms with Crippen molar-refractivity contribution in [2.24, 2.45) is 0 Å².